The molecule has 0 aromatic heterocycles. The maximum Gasteiger partial charge on any atom is 0.245 e. The summed E-state index contributed by atoms with van der Waals surface area (Å²) in [5.74, 6) is 0. The van der Waals surface area contributed by atoms with Gasteiger partial charge >= 0.3 is 0 Å². The van der Waals surface area contributed by atoms with Gasteiger partial charge in [-0.15, -0.1) is 0 Å². The van der Waals surface area contributed by atoms with Crippen LogP contribution in [0.15, 0.2) is 41.8 Å². The van der Waals surface area contributed by atoms with Crippen molar-refractivity contribution in [1.29, 1.82) is 0 Å². The summed E-state index contributed by atoms with van der Waals surface area (Å²) in [5.41, 5.74) is 0.601. The third-order valence-electron chi connectivity index (χ3n) is 1.38. The highest BCUT2D eigenvalue weighted by Crippen LogP contribution is 2.12. The van der Waals surface area contributed by atoms with Gasteiger partial charge in [0.25, 0.3) is 0 Å². The molecule has 0 unspecified atom stereocenters. The smallest absolute Gasteiger partial charge is 0.245 e. The van der Waals surface area contributed by atoms with Crippen molar-refractivity contribution in [2.24, 2.45) is 0 Å². The van der Waals surface area contributed by atoms with Crippen LogP contribution in [0.5, 0.6) is 0 Å². The van der Waals surface area contributed by atoms with E-state index in [9.17, 15) is 9.59 Å². The van der Waals surface area contributed by atoms with E-state index in [0.29, 0.717) is 5.56 Å². The lowest BCUT2D eigenvalue weighted by Gasteiger charge is -1.94. The zero-order valence-electron chi connectivity index (χ0n) is 7.14. The van der Waals surface area contributed by atoms with Gasteiger partial charge in [-0.2, -0.15) is 0 Å². The molecule has 1 rings (SSSR count). The van der Waals surface area contributed by atoms with Crippen LogP contribution in [0.1, 0.15) is 10.4 Å². The summed E-state index contributed by atoms with van der Waals surface area (Å²) >= 11 is 5.99. The van der Waals surface area contributed by atoms with Gasteiger partial charge in [0.1, 0.15) is 0 Å². The Morgan fingerprint density at radius 2 is 1.86 bits per heavy atom. The van der Waals surface area contributed by atoms with Crippen molar-refractivity contribution in [2.75, 3.05) is 0 Å². The minimum absolute atomic E-state index is 0.111. The van der Waals surface area contributed by atoms with E-state index in [1.807, 2.05) is 6.07 Å². The highest BCUT2D eigenvalue weighted by Gasteiger charge is 2.02. The van der Waals surface area contributed by atoms with Crippen LogP contribution in [-0.2, 0) is 4.79 Å². The highest BCUT2D eigenvalue weighted by molar-refractivity contribution is 8.16. The van der Waals surface area contributed by atoms with E-state index in [0.717, 1.165) is 17.8 Å². The first-order valence-corrected chi connectivity index (χ1v) is 5.08. The van der Waals surface area contributed by atoms with Gasteiger partial charge in [0.2, 0.25) is 10.4 Å². The van der Waals surface area contributed by atoms with Crippen molar-refractivity contribution in [2.45, 2.75) is 0 Å². The van der Waals surface area contributed by atoms with E-state index < -0.39 is 5.24 Å². The molecule has 0 heterocycles. The Balaban J connectivity index is 2.56. The van der Waals surface area contributed by atoms with Gasteiger partial charge < -0.3 is 0 Å². The van der Waals surface area contributed by atoms with Crippen molar-refractivity contribution in [3.63, 3.8) is 0 Å². The van der Waals surface area contributed by atoms with Crippen molar-refractivity contribution in [1.82, 2.24) is 0 Å². The summed E-state index contributed by atoms with van der Waals surface area (Å²) in [7, 11) is 0. The molecular weight excluding hydrogens is 220 g/mol. The first-order valence-electron chi connectivity index (χ1n) is 3.82. The first-order chi connectivity index (χ1) is 6.70. The van der Waals surface area contributed by atoms with Crippen LogP contribution in [0.2, 0.25) is 0 Å². The van der Waals surface area contributed by atoms with Crippen LogP contribution in [0, 0.1) is 0 Å². The predicted octanol–water partition coefficient (Wildman–Crippen LogP) is 2.84. The number of hydrogen-bond acceptors (Lipinski definition) is 3. The van der Waals surface area contributed by atoms with Crippen molar-refractivity contribution < 1.29 is 9.59 Å². The Morgan fingerprint density at radius 1 is 1.21 bits per heavy atom. The van der Waals surface area contributed by atoms with E-state index in [1.165, 1.54) is 5.41 Å². The number of benzene rings is 1. The van der Waals surface area contributed by atoms with Crippen LogP contribution >= 0.6 is 23.4 Å². The fraction of sp³-hybridized carbons (Fsp3) is 0. The monoisotopic (exact) mass is 226 g/mol. The molecule has 1 aromatic rings. The summed E-state index contributed by atoms with van der Waals surface area (Å²) in [5, 5.41) is 0.683. The topological polar surface area (TPSA) is 34.1 Å². The lowest BCUT2D eigenvalue weighted by atomic mass is 10.2. The van der Waals surface area contributed by atoms with Gasteiger partial charge in [-0.3, -0.25) is 9.59 Å². The minimum Gasteiger partial charge on any atom is -0.281 e. The molecule has 0 atom stereocenters. The normalized spacial score (nSPS) is 10.4. The second kappa shape index (κ2) is 5.62. The number of carbonyl (C=O) groups excluding carboxylic acids is 2. The Hall–Kier alpha value is -1.06. The summed E-state index contributed by atoms with van der Waals surface area (Å²) in [6, 6.07) is 8.82. The maximum absolute atomic E-state index is 11.4. The summed E-state index contributed by atoms with van der Waals surface area (Å²) in [6.07, 6.45) is 1.15. The molecule has 0 saturated heterocycles. The maximum atomic E-state index is 11.4. The molecular formula is C10H7ClO2S. The Morgan fingerprint density at radius 3 is 2.43 bits per heavy atom. The van der Waals surface area contributed by atoms with Crippen LogP contribution in [0.3, 0.4) is 0 Å². The summed E-state index contributed by atoms with van der Waals surface area (Å²) in [6.45, 7) is 0. The number of hydrogen-bond donors (Lipinski definition) is 0. The molecule has 0 aliphatic heterocycles. The second-order valence-corrected chi connectivity index (χ2v) is 3.63. The number of halogens is 1. The van der Waals surface area contributed by atoms with Gasteiger partial charge in [0, 0.05) is 11.6 Å². The van der Waals surface area contributed by atoms with E-state index in [2.05, 4.69) is 0 Å². The largest absolute Gasteiger partial charge is 0.281 e. The third-order valence-corrected chi connectivity index (χ3v) is 2.23. The predicted molar refractivity (Wildman–Crippen MR) is 58.4 cm³/mol. The molecule has 4 heteroatoms. The first kappa shape index (κ1) is 11.0. The molecule has 0 aliphatic rings. The molecule has 0 bridgehead atoms. The SMILES string of the molecule is O=C(Cl)C=CSC(=O)c1ccccc1. The number of allylic oxidation sites excluding steroid dienone is 1. The molecule has 0 amide bonds. The number of rotatable bonds is 3. The van der Waals surface area contributed by atoms with Gasteiger partial charge in [0.15, 0.2) is 0 Å². The second-order valence-electron chi connectivity index (χ2n) is 2.38. The average molecular weight is 227 g/mol. The van der Waals surface area contributed by atoms with E-state index in [4.69, 9.17) is 11.6 Å². The van der Waals surface area contributed by atoms with Crippen LogP contribution in [0.25, 0.3) is 0 Å². The molecule has 0 N–H and O–H groups in total. The molecule has 0 saturated carbocycles. The zero-order valence-corrected chi connectivity index (χ0v) is 8.72. The van der Waals surface area contributed by atoms with Crippen LogP contribution in [0.4, 0.5) is 0 Å². The fourth-order valence-corrected chi connectivity index (χ4v) is 1.52. The summed E-state index contributed by atoms with van der Waals surface area (Å²) < 4.78 is 0. The zero-order chi connectivity index (χ0) is 10.4. The van der Waals surface area contributed by atoms with Gasteiger partial charge in [-0.1, -0.05) is 42.1 Å². The van der Waals surface area contributed by atoms with Crippen LogP contribution in [-0.4, -0.2) is 10.4 Å². The summed E-state index contributed by atoms with van der Waals surface area (Å²) in [4.78, 5) is 21.7. The molecule has 14 heavy (non-hydrogen) atoms. The van der Waals surface area contributed by atoms with Gasteiger partial charge in [-0.05, 0) is 17.0 Å². The molecule has 0 radical (unpaired) electrons. The quantitative estimate of drug-likeness (QED) is 0.587. The van der Waals surface area contributed by atoms with Crippen molar-refractivity contribution in [3.05, 3.63) is 47.4 Å². The molecule has 0 aliphatic carbocycles. The van der Waals surface area contributed by atoms with E-state index >= 15 is 0 Å². The Kier molecular flexibility index (Phi) is 4.43. The average Bonchev–Trinajstić information content (AvgIpc) is 2.18. The molecule has 72 valence electrons. The number of thioether (sulfide) groups is 1. The molecule has 0 fully saturated rings. The van der Waals surface area contributed by atoms with Crippen LogP contribution < -0.4 is 0 Å². The lowest BCUT2D eigenvalue weighted by molar-refractivity contribution is -0.107. The third kappa shape index (κ3) is 3.77. The minimum atomic E-state index is -0.585. The Bertz CT molecular complexity index is 360. The van der Waals surface area contributed by atoms with Crippen molar-refractivity contribution in [3.8, 4) is 0 Å². The Labute approximate surface area is 91.0 Å². The van der Waals surface area contributed by atoms with E-state index in [-0.39, 0.29) is 5.12 Å². The molecule has 0 spiro atoms. The number of carbonyl (C=O) groups is 2. The van der Waals surface area contributed by atoms with Gasteiger partial charge in [-0.25, -0.2) is 0 Å². The standard InChI is InChI=1S/C10H7ClO2S/c11-9(12)6-7-14-10(13)8-4-2-1-3-5-8/h1-7H. The highest BCUT2D eigenvalue weighted by atomic mass is 35.5. The fourth-order valence-electron chi connectivity index (χ4n) is 0.792. The van der Waals surface area contributed by atoms with E-state index in [1.54, 1.807) is 24.3 Å². The molecule has 2 nitrogen and oxygen atoms in total. The molecule has 1 aromatic carbocycles. The lowest BCUT2D eigenvalue weighted by Crippen LogP contribution is -1.89. The van der Waals surface area contributed by atoms with Crippen molar-refractivity contribution >= 4 is 33.7 Å². The van der Waals surface area contributed by atoms with Gasteiger partial charge in [0.05, 0.1) is 0 Å².